The van der Waals surface area contributed by atoms with Crippen LogP contribution >= 0.6 is 8.18 Å². The number of hydrogen-bond acceptors (Lipinski definition) is 6. The molecule has 2 unspecified atom stereocenters. The summed E-state index contributed by atoms with van der Waals surface area (Å²) in [6.45, 7) is 5.31. The summed E-state index contributed by atoms with van der Waals surface area (Å²) in [4.78, 5) is 15.9. The lowest BCUT2D eigenvalue weighted by Gasteiger charge is -2.12. The standard InChI is InChI=1S/C16H24N2O5P/c1-11(2)22-16(19)12(3)18-24(20)21-10-13-7-8-15(23-13)14-6-4-5-9-17-14/h4-6,9,11-13,15H,7-8,10H2,1-3H3,(H,18,20)/q+1/t12?,13-,15+/m0/s1. The molecule has 1 aromatic heterocycles. The van der Waals surface area contributed by atoms with E-state index in [1.54, 1.807) is 27.0 Å². The van der Waals surface area contributed by atoms with Crippen molar-refractivity contribution in [3.8, 4) is 0 Å². The Morgan fingerprint density at radius 2 is 2.21 bits per heavy atom. The average Bonchev–Trinajstić information content (AvgIpc) is 3.02. The van der Waals surface area contributed by atoms with Gasteiger partial charge in [0.15, 0.2) is 0 Å². The zero-order valence-corrected chi connectivity index (χ0v) is 15.1. The summed E-state index contributed by atoms with van der Waals surface area (Å²) < 4.78 is 28.1. The highest BCUT2D eigenvalue weighted by Crippen LogP contribution is 2.32. The molecule has 0 bridgehead atoms. The second kappa shape index (κ2) is 9.18. The Kier molecular flexibility index (Phi) is 7.24. The Morgan fingerprint density at radius 3 is 2.88 bits per heavy atom. The number of esters is 1. The molecule has 1 saturated heterocycles. The number of aromatic nitrogens is 1. The number of carbonyl (C=O) groups excluding carboxylic acids is 1. The fourth-order valence-corrected chi connectivity index (χ4v) is 3.14. The molecule has 2 rings (SSSR count). The van der Waals surface area contributed by atoms with Crippen molar-refractivity contribution in [3.05, 3.63) is 30.1 Å². The van der Waals surface area contributed by atoms with Crippen molar-refractivity contribution in [2.24, 2.45) is 0 Å². The van der Waals surface area contributed by atoms with Crippen LogP contribution in [0.3, 0.4) is 0 Å². The molecule has 0 spiro atoms. The molecule has 2 heterocycles. The van der Waals surface area contributed by atoms with Gasteiger partial charge in [-0.1, -0.05) is 11.2 Å². The molecule has 1 aromatic rings. The van der Waals surface area contributed by atoms with E-state index in [1.165, 1.54) is 0 Å². The lowest BCUT2D eigenvalue weighted by Crippen LogP contribution is -2.33. The minimum atomic E-state index is -2.16. The zero-order valence-electron chi connectivity index (χ0n) is 14.2. The van der Waals surface area contributed by atoms with E-state index in [4.69, 9.17) is 14.0 Å². The average molecular weight is 355 g/mol. The van der Waals surface area contributed by atoms with Gasteiger partial charge in [-0.05, 0) is 50.3 Å². The fourth-order valence-electron chi connectivity index (χ4n) is 2.35. The Labute approximate surface area is 143 Å². The van der Waals surface area contributed by atoms with Crippen LogP contribution in [0.25, 0.3) is 0 Å². The molecule has 7 nitrogen and oxygen atoms in total. The summed E-state index contributed by atoms with van der Waals surface area (Å²) in [5.74, 6) is -0.454. The van der Waals surface area contributed by atoms with E-state index in [0.717, 1.165) is 18.5 Å². The van der Waals surface area contributed by atoms with Crippen LogP contribution in [0.2, 0.25) is 0 Å². The van der Waals surface area contributed by atoms with Crippen molar-refractivity contribution in [1.29, 1.82) is 0 Å². The molecular formula is C16H24N2O5P+. The van der Waals surface area contributed by atoms with Crippen molar-refractivity contribution < 1.29 is 23.4 Å². The largest absolute Gasteiger partial charge is 0.613 e. The van der Waals surface area contributed by atoms with E-state index < -0.39 is 20.2 Å². The third kappa shape index (κ3) is 5.91. The fraction of sp³-hybridized carbons (Fsp3) is 0.625. The molecule has 1 aliphatic rings. The highest BCUT2D eigenvalue weighted by Gasteiger charge is 2.32. The first kappa shape index (κ1) is 18.9. The monoisotopic (exact) mass is 355 g/mol. The maximum absolute atomic E-state index is 11.9. The molecule has 1 aliphatic heterocycles. The second-order valence-electron chi connectivity index (χ2n) is 5.97. The molecule has 0 amide bonds. The smallest absolute Gasteiger partial charge is 0.462 e. The molecule has 0 aliphatic carbocycles. The predicted molar refractivity (Wildman–Crippen MR) is 88.5 cm³/mol. The van der Waals surface area contributed by atoms with E-state index in [-0.39, 0.29) is 24.9 Å². The quantitative estimate of drug-likeness (QED) is 0.567. The van der Waals surface area contributed by atoms with Gasteiger partial charge < -0.3 is 9.47 Å². The summed E-state index contributed by atoms with van der Waals surface area (Å²) in [6.07, 6.45) is 3.01. The normalized spacial score (nSPS) is 22.4. The number of nitrogens with zero attached hydrogens (tertiary/aromatic N) is 1. The van der Waals surface area contributed by atoms with Crippen LogP contribution in [-0.2, 0) is 23.4 Å². The van der Waals surface area contributed by atoms with Gasteiger partial charge in [0.2, 0.25) is 0 Å². The Hall–Kier alpha value is -1.40. The van der Waals surface area contributed by atoms with Crippen molar-refractivity contribution >= 4 is 14.1 Å². The van der Waals surface area contributed by atoms with Crippen molar-refractivity contribution in [3.63, 3.8) is 0 Å². The van der Waals surface area contributed by atoms with E-state index in [0.29, 0.717) is 0 Å². The summed E-state index contributed by atoms with van der Waals surface area (Å²) >= 11 is 0. The first-order valence-corrected chi connectivity index (χ1v) is 9.26. The minimum Gasteiger partial charge on any atom is -0.462 e. The second-order valence-corrected chi connectivity index (χ2v) is 7.00. The lowest BCUT2D eigenvalue weighted by atomic mass is 10.1. The van der Waals surface area contributed by atoms with E-state index in [9.17, 15) is 9.36 Å². The van der Waals surface area contributed by atoms with E-state index in [2.05, 4.69) is 10.1 Å². The maximum Gasteiger partial charge on any atom is 0.613 e. The van der Waals surface area contributed by atoms with Crippen LogP contribution in [0, 0.1) is 0 Å². The summed E-state index contributed by atoms with van der Waals surface area (Å²) in [5.41, 5.74) is 0.896. The van der Waals surface area contributed by atoms with E-state index >= 15 is 0 Å². The lowest BCUT2D eigenvalue weighted by molar-refractivity contribution is -0.149. The molecule has 4 atom stereocenters. The molecular weight excluding hydrogens is 331 g/mol. The molecule has 0 saturated carbocycles. The Balaban J connectivity index is 1.70. The van der Waals surface area contributed by atoms with Crippen molar-refractivity contribution in [1.82, 2.24) is 10.1 Å². The molecule has 1 N–H and O–H groups in total. The molecule has 132 valence electrons. The third-order valence-electron chi connectivity index (χ3n) is 3.51. The molecule has 8 heteroatoms. The first-order valence-electron chi connectivity index (χ1n) is 8.09. The molecule has 0 aromatic carbocycles. The predicted octanol–water partition coefficient (Wildman–Crippen LogP) is 2.91. The van der Waals surface area contributed by atoms with Gasteiger partial charge in [-0.2, -0.15) is 0 Å². The van der Waals surface area contributed by atoms with Crippen LogP contribution < -0.4 is 5.09 Å². The third-order valence-corrected chi connectivity index (χ3v) is 4.49. The SMILES string of the molecule is CC(C)OC(=O)C(C)N[P+](=O)OC[C@@H]1CC[C@H](c2ccccn2)O1. The number of rotatable bonds is 8. The first-order chi connectivity index (χ1) is 11.5. The number of nitrogens with one attached hydrogen (secondary N) is 1. The number of hydrogen-bond donors (Lipinski definition) is 1. The maximum atomic E-state index is 11.9. The van der Waals surface area contributed by atoms with Gasteiger partial charge in [-0.15, -0.1) is 4.52 Å². The van der Waals surface area contributed by atoms with Crippen LogP contribution in [0.5, 0.6) is 0 Å². The Bertz CT molecular complexity index is 555. The van der Waals surface area contributed by atoms with Gasteiger partial charge in [0, 0.05) is 6.20 Å². The van der Waals surface area contributed by atoms with Gasteiger partial charge in [0.1, 0.15) is 12.6 Å². The summed E-state index contributed by atoms with van der Waals surface area (Å²) in [5, 5.41) is 2.60. The minimum absolute atomic E-state index is 0.0504. The molecule has 0 radical (unpaired) electrons. The van der Waals surface area contributed by atoms with Crippen molar-refractivity contribution in [2.75, 3.05) is 6.61 Å². The summed E-state index contributed by atoms with van der Waals surface area (Å²) in [6, 6.07) is 5.02. The molecule has 1 fully saturated rings. The van der Waals surface area contributed by atoms with Gasteiger partial charge in [-0.3, -0.25) is 9.78 Å². The highest BCUT2D eigenvalue weighted by atomic mass is 31.1. The van der Waals surface area contributed by atoms with Crippen molar-refractivity contribution in [2.45, 2.75) is 58.0 Å². The van der Waals surface area contributed by atoms with Gasteiger partial charge >= 0.3 is 14.1 Å². The van der Waals surface area contributed by atoms with Gasteiger partial charge in [0.05, 0.1) is 24.0 Å². The molecule has 24 heavy (non-hydrogen) atoms. The zero-order chi connectivity index (χ0) is 17.5. The van der Waals surface area contributed by atoms with Crippen LogP contribution in [0.4, 0.5) is 0 Å². The van der Waals surface area contributed by atoms with Gasteiger partial charge in [0.25, 0.3) is 0 Å². The number of pyridine rings is 1. The summed E-state index contributed by atoms with van der Waals surface area (Å²) in [7, 11) is -2.16. The Morgan fingerprint density at radius 1 is 1.42 bits per heavy atom. The van der Waals surface area contributed by atoms with Crippen LogP contribution in [-0.4, -0.2) is 35.8 Å². The van der Waals surface area contributed by atoms with E-state index in [1.807, 2.05) is 18.2 Å². The van der Waals surface area contributed by atoms with Crippen LogP contribution in [0.15, 0.2) is 24.4 Å². The topological polar surface area (TPSA) is 86.8 Å². The number of ether oxygens (including phenoxy) is 2. The van der Waals surface area contributed by atoms with Crippen LogP contribution in [0.1, 0.15) is 45.4 Å². The highest BCUT2D eigenvalue weighted by molar-refractivity contribution is 7.36. The van der Waals surface area contributed by atoms with Gasteiger partial charge in [-0.25, -0.2) is 0 Å². The number of carbonyl (C=O) groups is 1.